The van der Waals surface area contributed by atoms with E-state index in [4.69, 9.17) is 9.84 Å². The van der Waals surface area contributed by atoms with E-state index < -0.39 is 4.92 Å². The number of hydrogen-bond acceptors (Lipinski definition) is 4. The minimum atomic E-state index is -0.475. The van der Waals surface area contributed by atoms with Crippen LogP contribution in [-0.2, 0) is 6.61 Å². The fourth-order valence-corrected chi connectivity index (χ4v) is 1.64. The van der Waals surface area contributed by atoms with Gasteiger partial charge in [-0.25, -0.2) is 0 Å². The number of rotatable bonds is 4. The molecule has 98 valence electrons. The van der Waals surface area contributed by atoms with Gasteiger partial charge in [-0.3, -0.25) is 10.1 Å². The molecular formula is C14H13NO4. The van der Waals surface area contributed by atoms with E-state index in [1.807, 2.05) is 6.92 Å². The molecule has 2 aromatic rings. The first kappa shape index (κ1) is 13.0. The molecule has 0 radical (unpaired) electrons. The number of nitrogens with zero attached hydrogens (tertiary/aromatic N) is 1. The van der Waals surface area contributed by atoms with Crippen molar-refractivity contribution in [3.63, 3.8) is 0 Å². The molecule has 0 aliphatic heterocycles. The van der Waals surface area contributed by atoms with Crippen LogP contribution in [-0.4, -0.2) is 10.0 Å². The number of ether oxygens (including phenoxy) is 1. The molecule has 2 aromatic carbocycles. The summed E-state index contributed by atoms with van der Waals surface area (Å²) < 4.78 is 5.53. The van der Waals surface area contributed by atoms with Crippen LogP contribution in [0.4, 0.5) is 5.69 Å². The second-order valence-electron chi connectivity index (χ2n) is 4.13. The Morgan fingerprint density at radius 3 is 2.47 bits per heavy atom. The Kier molecular flexibility index (Phi) is 3.77. The van der Waals surface area contributed by atoms with Crippen molar-refractivity contribution in [1.82, 2.24) is 0 Å². The summed E-state index contributed by atoms with van der Waals surface area (Å²) in [5, 5.41) is 19.9. The van der Waals surface area contributed by atoms with Gasteiger partial charge in [0.1, 0.15) is 5.75 Å². The SMILES string of the molecule is Cc1ccc([N+](=O)[O-])c(Oc2ccc(CO)cc2)c1. The molecule has 0 aromatic heterocycles. The number of nitro groups is 1. The molecule has 0 atom stereocenters. The van der Waals surface area contributed by atoms with Gasteiger partial charge in [-0.1, -0.05) is 18.2 Å². The van der Waals surface area contributed by atoms with Crippen molar-refractivity contribution in [3.8, 4) is 11.5 Å². The maximum absolute atomic E-state index is 10.9. The second kappa shape index (κ2) is 5.49. The van der Waals surface area contributed by atoms with Crippen LogP contribution in [0.1, 0.15) is 11.1 Å². The highest BCUT2D eigenvalue weighted by atomic mass is 16.6. The topological polar surface area (TPSA) is 72.6 Å². The van der Waals surface area contributed by atoms with Crippen molar-refractivity contribution in [1.29, 1.82) is 0 Å². The van der Waals surface area contributed by atoms with Crippen molar-refractivity contribution >= 4 is 5.69 Å². The van der Waals surface area contributed by atoms with Gasteiger partial charge in [0.25, 0.3) is 0 Å². The third-order valence-corrected chi connectivity index (χ3v) is 2.65. The first-order valence-corrected chi connectivity index (χ1v) is 5.73. The average Bonchev–Trinajstić information content (AvgIpc) is 2.39. The Bertz CT molecular complexity index is 593. The molecule has 0 unspecified atom stereocenters. The third kappa shape index (κ3) is 3.08. The first-order chi connectivity index (χ1) is 9.10. The summed E-state index contributed by atoms with van der Waals surface area (Å²) in [6.07, 6.45) is 0. The number of aryl methyl sites for hydroxylation is 1. The summed E-state index contributed by atoms with van der Waals surface area (Å²) in [6.45, 7) is 1.79. The van der Waals surface area contributed by atoms with Crippen molar-refractivity contribution in [2.45, 2.75) is 13.5 Å². The molecule has 5 heteroatoms. The maximum Gasteiger partial charge on any atom is 0.311 e. The van der Waals surface area contributed by atoms with Gasteiger partial charge in [0.2, 0.25) is 5.75 Å². The Morgan fingerprint density at radius 1 is 1.21 bits per heavy atom. The van der Waals surface area contributed by atoms with Gasteiger partial charge in [0.15, 0.2) is 0 Å². The summed E-state index contributed by atoms with van der Waals surface area (Å²) in [6, 6.07) is 11.5. The van der Waals surface area contributed by atoms with E-state index in [1.54, 1.807) is 36.4 Å². The molecule has 0 saturated carbocycles. The number of aliphatic hydroxyl groups excluding tert-OH is 1. The first-order valence-electron chi connectivity index (χ1n) is 5.73. The molecule has 0 heterocycles. The Morgan fingerprint density at radius 2 is 1.89 bits per heavy atom. The summed E-state index contributed by atoms with van der Waals surface area (Å²) in [7, 11) is 0. The van der Waals surface area contributed by atoms with Gasteiger partial charge in [0.05, 0.1) is 11.5 Å². The fourth-order valence-electron chi connectivity index (χ4n) is 1.64. The monoisotopic (exact) mass is 259 g/mol. The van der Waals surface area contributed by atoms with Gasteiger partial charge in [-0.05, 0) is 36.2 Å². The lowest BCUT2D eigenvalue weighted by molar-refractivity contribution is -0.385. The van der Waals surface area contributed by atoms with Crippen LogP contribution in [0.2, 0.25) is 0 Å². The molecular weight excluding hydrogens is 246 g/mol. The molecule has 1 N–H and O–H groups in total. The molecule has 0 saturated heterocycles. The zero-order chi connectivity index (χ0) is 13.8. The highest BCUT2D eigenvalue weighted by Gasteiger charge is 2.15. The van der Waals surface area contributed by atoms with Gasteiger partial charge >= 0.3 is 5.69 Å². The molecule has 0 spiro atoms. The lowest BCUT2D eigenvalue weighted by Gasteiger charge is -2.07. The zero-order valence-corrected chi connectivity index (χ0v) is 10.4. The third-order valence-electron chi connectivity index (χ3n) is 2.65. The molecule has 2 rings (SSSR count). The smallest absolute Gasteiger partial charge is 0.311 e. The predicted molar refractivity (Wildman–Crippen MR) is 70.3 cm³/mol. The highest BCUT2D eigenvalue weighted by Crippen LogP contribution is 2.32. The maximum atomic E-state index is 10.9. The lowest BCUT2D eigenvalue weighted by Crippen LogP contribution is -1.94. The van der Waals surface area contributed by atoms with Crippen LogP contribution < -0.4 is 4.74 Å². The van der Waals surface area contributed by atoms with Crippen LogP contribution in [0.25, 0.3) is 0 Å². The van der Waals surface area contributed by atoms with Crippen molar-refractivity contribution < 1.29 is 14.8 Å². The van der Waals surface area contributed by atoms with E-state index in [2.05, 4.69) is 0 Å². The Hall–Kier alpha value is -2.40. The Labute approximate surface area is 110 Å². The van der Waals surface area contributed by atoms with Crippen molar-refractivity contribution in [2.24, 2.45) is 0 Å². The standard InChI is InChI=1S/C14H13NO4/c1-10-2-7-13(15(17)18)14(8-10)19-12-5-3-11(9-16)4-6-12/h2-8,16H,9H2,1H3. The van der Waals surface area contributed by atoms with Gasteiger partial charge < -0.3 is 9.84 Å². The average molecular weight is 259 g/mol. The van der Waals surface area contributed by atoms with Crippen molar-refractivity contribution in [2.75, 3.05) is 0 Å². The molecule has 0 aliphatic carbocycles. The molecule has 5 nitrogen and oxygen atoms in total. The van der Waals surface area contributed by atoms with Gasteiger partial charge in [-0.2, -0.15) is 0 Å². The van der Waals surface area contributed by atoms with E-state index in [1.165, 1.54) is 6.07 Å². The molecule has 0 aliphatic rings. The molecule has 0 fully saturated rings. The normalized spacial score (nSPS) is 10.2. The fraction of sp³-hybridized carbons (Fsp3) is 0.143. The largest absolute Gasteiger partial charge is 0.450 e. The van der Waals surface area contributed by atoms with E-state index in [0.29, 0.717) is 5.75 Å². The van der Waals surface area contributed by atoms with E-state index in [0.717, 1.165) is 11.1 Å². The van der Waals surface area contributed by atoms with E-state index in [9.17, 15) is 10.1 Å². The van der Waals surface area contributed by atoms with Crippen LogP contribution >= 0.6 is 0 Å². The highest BCUT2D eigenvalue weighted by molar-refractivity contribution is 5.50. The zero-order valence-electron chi connectivity index (χ0n) is 10.4. The molecule has 0 amide bonds. The summed E-state index contributed by atoms with van der Waals surface area (Å²) in [4.78, 5) is 10.4. The lowest BCUT2D eigenvalue weighted by atomic mass is 10.2. The van der Waals surface area contributed by atoms with Crippen LogP contribution in [0, 0.1) is 17.0 Å². The summed E-state index contributed by atoms with van der Waals surface area (Å²) in [5.74, 6) is 0.702. The number of hydrogen-bond donors (Lipinski definition) is 1. The molecule has 0 bridgehead atoms. The minimum absolute atomic E-state index is 0.0507. The van der Waals surface area contributed by atoms with Crippen molar-refractivity contribution in [3.05, 3.63) is 63.7 Å². The number of aliphatic hydroxyl groups is 1. The van der Waals surface area contributed by atoms with E-state index in [-0.39, 0.29) is 18.0 Å². The second-order valence-corrected chi connectivity index (χ2v) is 4.13. The van der Waals surface area contributed by atoms with Crippen LogP contribution in [0.5, 0.6) is 11.5 Å². The molecule has 19 heavy (non-hydrogen) atoms. The van der Waals surface area contributed by atoms with Crippen LogP contribution in [0.15, 0.2) is 42.5 Å². The van der Waals surface area contributed by atoms with E-state index >= 15 is 0 Å². The minimum Gasteiger partial charge on any atom is -0.450 e. The quantitative estimate of drug-likeness (QED) is 0.676. The predicted octanol–water partition coefficient (Wildman–Crippen LogP) is 3.19. The summed E-state index contributed by atoms with van der Waals surface area (Å²) >= 11 is 0. The Balaban J connectivity index is 2.31. The number of benzene rings is 2. The van der Waals surface area contributed by atoms with Gasteiger partial charge in [0, 0.05) is 6.07 Å². The summed E-state index contributed by atoms with van der Waals surface area (Å²) in [5.41, 5.74) is 1.57. The number of nitro benzene ring substituents is 1. The van der Waals surface area contributed by atoms with Crippen LogP contribution in [0.3, 0.4) is 0 Å². The van der Waals surface area contributed by atoms with Gasteiger partial charge in [-0.15, -0.1) is 0 Å².